The lowest BCUT2D eigenvalue weighted by atomic mass is 10.1. The van der Waals surface area contributed by atoms with Gasteiger partial charge in [0.1, 0.15) is 6.04 Å². The van der Waals surface area contributed by atoms with Crippen molar-refractivity contribution in [1.29, 1.82) is 0 Å². The Balaban J connectivity index is 2.43. The molecule has 2 heterocycles. The summed E-state index contributed by atoms with van der Waals surface area (Å²) in [7, 11) is 1.80. The van der Waals surface area contributed by atoms with Gasteiger partial charge in [0.05, 0.1) is 11.4 Å². The van der Waals surface area contributed by atoms with E-state index in [1.807, 2.05) is 12.1 Å². The van der Waals surface area contributed by atoms with Crippen LogP contribution in [0, 0.1) is 0 Å². The second-order valence-corrected chi connectivity index (χ2v) is 5.06. The molecular weight excluding hydrogens is 352 g/mol. The second-order valence-electron chi connectivity index (χ2n) is 3.39. The highest BCUT2D eigenvalue weighted by atomic mass is 79.9. The Hall–Kier alpha value is -0.830. The molecule has 6 nitrogen and oxygen atoms in total. The average Bonchev–Trinajstić information content (AvgIpc) is 2.64. The van der Waals surface area contributed by atoms with E-state index in [0.29, 0.717) is 4.60 Å². The number of nitrogens with zero attached hydrogens (tertiary/aromatic N) is 4. The summed E-state index contributed by atoms with van der Waals surface area (Å²) in [6.07, 6.45) is 1.72. The quantitative estimate of drug-likeness (QED) is 0.635. The predicted molar refractivity (Wildman–Crippen MR) is 69.8 cm³/mol. The lowest BCUT2D eigenvalue weighted by Gasteiger charge is -2.15. The van der Waals surface area contributed by atoms with Gasteiger partial charge in [-0.2, -0.15) is 0 Å². The molecule has 2 aromatic rings. The molecule has 3 N–H and O–H groups in total. The molecular formula is C9H10Br2N6. The molecule has 1 unspecified atom stereocenters. The van der Waals surface area contributed by atoms with Gasteiger partial charge in [-0.1, -0.05) is 5.21 Å². The molecule has 8 heteroatoms. The van der Waals surface area contributed by atoms with Crippen LogP contribution < -0.4 is 11.3 Å². The van der Waals surface area contributed by atoms with Crippen molar-refractivity contribution >= 4 is 31.9 Å². The third-order valence-electron chi connectivity index (χ3n) is 2.31. The molecule has 0 saturated carbocycles. The van der Waals surface area contributed by atoms with Crippen molar-refractivity contribution in [2.75, 3.05) is 0 Å². The number of hydrazine groups is 1. The fourth-order valence-electron chi connectivity index (χ4n) is 1.51. The summed E-state index contributed by atoms with van der Waals surface area (Å²) in [4.78, 5) is 4.31. The van der Waals surface area contributed by atoms with Gasteiger partial charge in [-0.25, -0.2) is 10.1 Å². The number of aromatic nitrogens is 4. The van der Waals surface area contributed by atoms with E-state index in [9.17, 15) is 0 Å². The van der Waals surface area contributed by atoms with Crippen molar-refractivity contribution in [2.45, 2.75) is 6.04 Å². The van der Waals surface area contributed by atoms with Gasteiger partial charge < -0.3 is 0 Å². The Morgan fingerprint density at radius 1 is 1.41 bits per heavy atom. The molecule has 0 aliphatic carbocycles. The smallest absolute Gasteiger partial charge is 0.153 e. The van der Waals surface area contributed by atoms with Crippen LogP contribution in [0.4, 0.5) is 0 Å². The molecule has 0 bridgehead atoms. The van der Waals surface area contributed by atoms with E-state index in [1.165, 1.54) is 0 Å². The molecule has 0 saturated heterocycles. The fraction of sp³-hybridized carbons (Fsp3) is 0.222. The summed E-state index contributed by atoms with van der Waals surface area (Å²) in [6.45, 7) is 0. The summed E-state index contributed by atoms with van der Waals surface area (Å²) < 4.78 is 3.21. The van der Waals surface area contributed by atoms with Crippen molar-refractivity contribution in [2.24, 2.45) is 12.9 Å². The molecule has 17 heavy (non-hydrogen) atoms. The first-order chi connectivity index (χ1) is 8.13. The maximum Gasteiger partial charge on any atom is 0.153 e. The number of hydrogen-bond acceptors (Lipinski definition) is 5. The molecule has 0 aliphatic rings. The van der Waals surface area contributed by atoms with E-state index in [1.54, 1.807) is 17.9 Å². The van der Waals surface area contributed by atoms with Crippen molar-refractivity contribution < 1.29 is 0 Å². The number of halogens is 2. The molecule has 90 valence electrons. The summed E-state index contributed by atoms with van der Waals surface area (Å²) >= 11 is 6.68. The van der Waals surface area contributed by atoms with E-state index in [4.69, 9.17) is 5.84 Å². The van der Waals surface area contributed by atoms with Crippen LogP contribution in [0.2, 0.25) is 0 Å². The van der Waals surface area contributed by atoms with Gasteiger partial charge in [0.25, 0.3) is 0 Å². The normalized spacial score (nSPS) is 12.7. The molecule has 2 aromatic heterocycles. The fourth-order valence-corrected chi connectivity index (χ4v) is 2.30. The number of nitrogens with one attached hydrogen (secondary N) is 1. The Morgan fingerprint density at radius 2 is 2.18 bits per heavy atom. The predicted octanol–water partition coefficient (Wildman–Crippen LogP) is 1.29. The van der Waals surface area contributed by atoms with Gasteiger partial charge in [-0.15, -0.1) is 5.10 Å². The van der Waals surface area contributed by atoms with Crippen molar-refractivity contribution in [1.82, 2.24) is 25.4 Å². The minimum atomic E-state index is -0.266. The lowest BCUT2D eigenvalue weighted by Crippen LogP contribution is -2.31. The summed E-state index contributed by atoms with van der Waals surface area (Å²) in [5, 5.41) is 7.84. The molecule has 0 amide bonds. The first-order valence-electron chi connectivity index (χ1n) is 4.76. The van der Waals surface area contributed by atoms with E-state index >= 15 is 0 Å². The summed E-state index contributed by atoms with van der Waals surface area (Å²) in [5.74, 6) is 5.58. The number of rotatable bonds is 3. The molecule has 0 aliphatic heterocycles. The Kier molecular flexibility index (Phi) is 3.87. The van der Waals surface area contributed by atoms with Crippen LogP contribution in [0.15, 0.2) is 27.4 Å². The topological polar surface area (TPSA) is 81.7 Å². The van der Waals surface area contributed by atoms with E-state index in [-0.39, 0.29) is 6.04 Å². The Bertz CT molecular complexity index is 489. The van der Waals surface area contributed by atoms with Crippen LogP contribution in [-0.4, -0.2) is 20.0 Å². The minimum absolute atomic E-state index is 0.266. The third kappa shape index (κ3) is 2.54. The van der Waals surface area contributed by atoms with E-state index in [0.717, 1.165) is 15.9 Å². The van der Waals surface area contributed by atoms with Crippen LogP contribution in [0.5, 0.6) is 0 Å². The van der Waals surface area contributed by atoms with Crippen molar-refractivity contribution in [3.05, 3.63) is 38.8 Å². The van der Waals surface area contributed by atoms with Gasteiger partial charge in [0, 0.05) is 17.7 Å². The molecule has 0 aromatic carbocycles. The van der Waals surface area contributed by atoms with Crippen LogP contribution in [0.3, 0.4) is 0 Å². The van der Waals surface area contributed by atoms with Gasteiger partial charge in [-0.05, 0) is 44.0 Å². The van der Waals surface area contributed by atoms with Gasteiger partial charge in [0.2, 0.25) is 0 Å². The summed E-state index contributed by atoms with van der Waals surface area (Å²) in [5.41, 5.74) is 4.33. The zero-order valence-corrected chi connectivity index (χ0v) is 12.1. The average molecular weight is 362 g/mol. The highest BCUT2D eigenvalue weighted by Gasteiger charge is 2.21. The molecule has 0 fully saturated rings. The van der Waals surface area contributed by atoms with Gasteiger partial charge in [-0.3, -0.25) is 10.8 Å². The zero-order chi connectivity index (χ0) is 12.4. The Labute approximate surface area is 115 Å². The van der Waals surface area contributed by atoms with E-state index < -0.39 is 0 Å². The SMILES string of the molecule is Cn1nnc(Br)c1C(NN)c1ccc(Br)cn1. The van der Waals surface area contributed by atoms with Crippen molar-refractivity contribution in [3.63, 3.8) is 0 Å². The van der Waals surface area contributed by atoms with Crippen LogP contribution >= 0.6 is 31.9 Å². The minimum Gasteiger partial charge on any atom is -0.270 e. The number of hydrogen-bond donors (Lipinski definition) is 2. The number of aryl methyl sites for hydroxylation is 1. The third-order valence-corrected chi connectivity index (χ3v) is 3.35. The van der Waals surface area contributed by atoms with Crippen LogP contribution in [0.1, 0.15) is 17.4 Å². The molecule has 0 radical (unpaired) electrons. The second kappa shape index (κ2) is 5.21. The lowest BCUT2D eigenvalue weighted by molar-refractivity contribution is 0.558. The van der Waals surface area contributed by atoms with Crippen molar-refractivity contribution in [3.8, 4) is 0 Å². The van der Waals surface area contributed by atoms with Gasteiger partial charge in [0.15, 0.2) is 4.60 Å². The standard InChI is InChI=1S/C9H10Br2N6/c1-17-8(9(11)15-16-17)7(14-12)6-3-2-5(10)4-13-6/h2-4,7,14H,12H2,1H3. The number of pyridine rings is 1. The summed E-state index contributed by atoms with van der Waals surface area (Å²) in [6, 6.07) is 3.52. The first-order valence-corrected chi connectivity index (χ1v) is 6.34. The van der Waals surface area contributed by atoms with E-state index in [2.05, 4.69) is 52.6 Å². The Morgan fingerprint density at radius 3 is 2.65 bits per heavy atom. The molecule has 2 rings (SSSR count). The monoisotopic (exact) mass is 360 g/mol. The highest BCUT2D eigenvalue weighted by Crippen LogP contribution is 2.25. The van der Waals surface area contributed by atoms with Gasteiger partial charge >= 0.3 is 0 Å². The van der Waals surface area contributed by atoms with Crippen LogP contribution in [0.25, 0.3) is 0 Å². The number of nitrogens with two attached hydrogens (primary N) is 1. The zero-order valence-electron chi connectivity index (χ0n) is 8.93. The first kappa shape index (κ1) is 12.6. The highest BCUT2D eigenvalue weighted by molar-refractivity contribution is 9.10. The largest absolute Gasteiger partial charge is 0.270 e. The maximum atomic E-state index is 5.58. The maximum absolute atomic E-state index is 5.58. The molecule has 1 atom stereocenters. The molecule has 0 spiro atoms. The van der Waals surface area contributed by atoms with Crippen LogP contribution in [-0.2, 0) is 7.05 Å².